The highest BCUT2D eigenvalue weighted by molar-refractivity contribution is 7.09. The van der Waals surface area contributed by atoms with Crippen LogP contribution in [0.3, 0.4) is 0 Å². The molecule has 0 aliphatic rings. The number of alkyl halides is 1. The summed E-state index contributed by atoms with van der Waals surface area (Å²) >= 11 is 7.46. The van der Waals surface area contributed by atoms with E-state index in [4.69, 9.17) is 11.6 Å². The van der Waals surface area contributed by atoms with Crippen molar-refractivity contribution in [3.05, 3.63) is 16.1 Å². The van der Waals surface area contributed by atoms with Crippen molar-refractivity contribution >= 4 is 22.9 Å². The molecule has 0 fully saturated rings. The number of nitrogens with zero attached hydrogens (tertiary/aromatic N) is 2. The van der Waals surface area contributed by atoms with Crippen molar-refractivity contribution in [1.29, 1.82) is 0 Å². The predicted octanol–water partition coefficient (Wildman–Crippen LogP) is 3.55. The fraction of sp³-hybridized carbons (Fsp3) is 0.750. The van der Waals surface area contributed by atoms with Crippen molar-refractivity contribution in [3.8, 4) is 0 Å². The van der Waals surface area contributed by atoms with Gasteiger partial charge in [0.1, 0.15) is 0 Å². The van der Waals surface area contributed by atoms with Crippen LogP contribution < -0.4 is 0 Å². The molecule has 0 aromatic carbocycles. The van der Waals surface area contributed by atoms with E-state index in [1.165, 1.54) is 30.9 Å². The van der Waals surface area contributed by atoms with E-state index in [9.17, 15) is 0 Å². The van der Waals surface area contributed by atoms with Gasteiger partial charge in [-0.2, -0.15) is 0 Å². The molecule has 0 spiro atoms. The van der Waals surface area contributed by atoms with Crippen molar-refractivity contribution < 1.29 is 0 Å². The second-order valence-corrected chi connectivity index (χ2v) is 5.11. The minimum Gasteiger partial charge on any atom is -0.304 e. The van der Waals surface area contributed by atoms with Crippen molar-refractivity contribution in [2.45, 2.75) is 39.0 Å². The van der Waals surface area contributed by atoms with Crippen LogP contribution in [0.15, 0.2) is 5.38 Å². The lowest BCUT2D eigenvalue weighted by atomic mass is 10.3. The summed E-state index contributed by atoms with van der Waals surface area (Å²) < 4.78 is 0. The molecule has 0 saturated heterocycles. The van der Waals surface area contributed by atoms with E-state index in [1.807, 2.05) is 0 Å². The van der Waals surface area contributed by atoms with Crippen LogP contribution in [-0.4, -0.2) is 29.5 Å². The zero-order valence-corrected chi connectivity index (χ0v) is 11.8. The topological polar surface area (TPSA) is 16.1 Å². The Morgan fingerprint density at radius 2 is 2.19 bits per heavy atom. The number of thiazole rings is 1. The van der Waals surface area contributed by atoms with Gasteiger partial charge in [-0.25, -0.2) is 4.98 Å². The summed E-state index contributed by atoms with van der Waals surface area (Å²) in [6.45, 7) is 8.00. The van der Waals surface area contributed by atoms with Crippen LogP contribution in [0.25, 0.3) is 0 Å². The number of hydrogen-bond donors (Lipinski definition) is 0. The fourth-order valence-electron chi connectivity index (χ4n) is 1.72. The molecule has 2 nitrogen and oxygen atoms in total. The van der Waals surface area contributed by atoms with E-state index < -0.39 is 0 Å². The van der Waals surface area contributed by atoms with E-state index in [2.05, 4.69) is 29.1 Å². The van der Waals surface area contributed by atoms with Crippen LogP contribution in [0, 0.1) is 0 Å². The highest BCUT2D eigenvalue weighted by Crippen LogP contribution is 2.13. The monoisotopic (exact) mass is 260 g/mol. The zero-order valence-electron chi connectivity index (χ0n) is 10.2. The molecule has 1 aromatic heterocycles. The Bertz CT molecular complexity index is 288. The van der Waals surface area contributed by atoms with Crippen LogP contribution in [0.4, 0.5) is 0 Å². The molecule has 0 amide bonds. The lowest BCUT2D eigenvalue weighted by molar-refractivity contribution is 0.285. The summed E-state index contributed by atoms with van der Waals surface area (Å²) in [7, 11) is 0. The minimum atomic E-state index is 0.535. The van der Waals surface area contributed by atoms with Gasteiger partial charge in [0.15, 0.2) is 0 Å². The van der Waals surface area contributed by atoms with Crippen molar-refractivity contribution in [2.24, 2.45) is 0 Å². The van der Waals surface area contributed by atoms with Gasteiger partial charge in [-0.3, -0.25) is 0 Å². The predicted molar refractivity (Wildman–Crippen MR) is 72.4 cm³/mol. The second kappa shape index (κ2) is 8.04. The minimum absolute atomic E-state index is 0.535. The Balaban J connectivity index is 2.23. The van der Waals surface area contributed by atoms with E-state index in [0.717, 1.165) is 18.7 Å². The highest BCUT2D eigenvalue weighted by Gasteiger charge is 2.03. The Kier molecular flexibility index (Phi) is 7.01. The van der Waals surface area contributed by atoms with Crippen LogP contribution in [0.2, 0.25) is 0 Å². The largest absolute Gasteiger partial charge is 0.304 e. The molecule has 1 rings (SSSR count). The summed E-state index contributed by atoms with van der Waals surface area (Å²) in [4.78, 5) is 6.96. The SMILES string of the molecule is CCCN(CC)CCCc1nc(CCl)cs1. The molecule has 0 bridgehead atoms. The van der Waals surface area contributed by atoms with Gasteiger partial charge >= 0.3 is 0 Å². The summed E-state index contributed by atoms with van der Waals surface area (Å²) in [6, 6.07) is 0. The third-order valence-corrected chi connectivity index (χ3v) is 3.82. The number of aryl methyl sites for hydroxylation is 1. The van der Waals surface area contributed by atoms with Crippen LogP contribution in [0.5, 0.6) is 0 Å². The van der Waals surface area contributed by atoms with Crippen molar-refractivity contribution in [1.82, 2.24) is 9.88 Å². The molecule has 4 heteroatoms. The first-order valence-corrected chi connectivity index (χ1v) is 7.43. The van der Waals surface area contributed by atoms with E-state index in [1.54, 1.807) is 11.3 Å². The number of halogens is 1. The first-order chi connectivity index (χ1) is 7.80. The van der Waals surface area contributed by atoms with Crippen LogP contribution in [0.1, 0.15) is 37.4 Å². The summed E-state index contributed by atoms with van der Waals surface area (Å²) in [5.41, 5.74) is 1.02. The first-order valence-electron chi connectivity index (χ1n) is 6.01. The van der Waals surface area contributed by atoms with E-state index in [-0.39, 0.29) is 0 Å². The molecule has 92 valence electrons. The average molecular weight is 261 g/mol. The lowest BCUT2D eigenvalue weighted by Gasteiger charge is -2.18. The smallest absolute Gasteiger partial charge is 0.0929 e. The Morgan fingerprint density at radius 3 is 2.75 bits per heavy atom. The number of aromatic nitrogens is 1. The first kappa shape index (κ1) is 13.9. The molecule has 0 aliphatic carbocycles. The lowest BCUT2D eigenvalue weighted by Crippen LogP contribution is -2.25. The summed E-state index contributed by atoms with van der Waals surface area (Å²) in [5.74, 6) is 0.535. The van der Waals surface area contributed by atoms with Gasteiger partial charge in [0, 0.05) is 11.8 Å². The molecule has 16 heavy (non-hydrogen) atoms. The molecule has 0 unspecified atom stereocenters. The van der Waals surface area contributed by atoms with Gasteiger partial charge in [-0.05, 0) is 32.5 Å². The van der Waals surface area contributed by atoms with Gasteiger partial charge in [-0.15, -0.1) is 22.9 Å². The normalized spacial score (nSPS) is 11.2. The maximum atomic E-state index is 5.72. The molecule has 1 aromatic rings. The number of rotatable bonds is 8. The van der Waals surface area contributed by atoms with E-state index in [0.29, 0.717) is 5.88 Å². The number of hydrogen-bond acceptors (Lipinski definition) is 3. The molecular formula is C12H21ClN2S. The van der Waals surface area contributed by atoms with Gasteiger partial charge < -0.3 is 4.90 Å². The fourth-order valence-corrected chi connectivity index (χ4v) is 2.79. The Morgan fingerprint density at radius 1 is 1.38 bits per heavy atom. The zero-order chi connectivity index (χ0) is 11.8. The second-order valence-electron chi connectivity index (χ2n) is 3.90. The van der Waals surface area contributed by atoms with Crippen molar-refractivity contribution in [2.75, 3.05) is 19.6 Å². The van der Waals surface area contributed by atoms with Gasteiger partial charge in [-0.1, -0.05) is 13.8 Å². The Labute approximate surface area is 108 Å². The highest BCUT2D eigenvalue weighted by atomic mass is 35.5. The molecule has 0 saturated carbocycles. The Hall–Kier alpha value is -0.120. The molecule has 0 radical (unpaired) electrons. The van der Waals surface area contributed by atoms with Crippen LogP contribution in [-0.2, 0) is 12.3 Å². The molecule has 0 aliphatic heterocycles. The van der Waals surface area contributed by atoms with E-state index >= 15 is 0 Å². The quantitative estimate of drug-likeness (QED) is 0.665. The molecule has 1 heterocycles. The maximum Gasteiger partial charge on any atom is 0.0929 e. The summed E-state index contributed by atoms with van der Waals surface area (Å²) in [5, 5.41) is 3.29. The van der Waals surface area contributed by atoms with Crippen molar-refractivity contribution in [3.63, 3.8) is 0 Å². The molecular weight excluding hydrogens is 240 g/mol. The summed E-state index contributed by atoms with van der Waals surface area (Å²) in [6.07, 6.45) is 3.52. The van der Waals surface area contributed by atoms with Gasteiger partial charge in [0.2, 0.25) is 0 Å². The maximum absolute atomic E-state index is 5.72. The molecule has 0 atom stereocenters. The standard InChI is InChI=1S/C12H21ClN2S/c1-3-7-15(4-2)8-5-6-12-14-11(9-13)10-16-12/h10H,3-9H2,1-2H3. The third-order valence-electron chi connectivity index (χ3n) is 2.59. The third kappa shape index (κ3) is 4.81. The van der Waals surface area contributed by atoms with Gasteiger partial charge in [0.25, 0.3) is 0 Å². The average Bonchev–Trinajstić information content (AvgIpc) is 2.76. The van der Waals surface area contributed by atoms with Gasteiger partial charge in [0.05, 0.1) is 16.6 Å². The molecule has 0 N–H and O–H groups in total. The van der Waals surface area contributed by atoms with Crippen LogP contribution >= 0.6 is 22.9 Å².